The van der Waals surface area contributed by atoms with Gasteiger partial charge in [0.2, 0.25) is 0 Å². The van der Waals surface area contributed by atoms with E-state index in [0.29, 0.717) is 0 Å². The summed E-state index contributed by atoms with van der Waals surface area (Å²) in [5, 5.41) is 2.55. The van der Waals surface area contributed by atoms with Crippen molar-refractivity contribution < 1.29 is 21.6 Å². The second-order valence-electron chi connectivity index (χ2n) is 3.51. The minimum absolute atomic E-state index is 0.0146. The van der Waals surface area contributed by atoms with Gasteiger partial charge in [-0.05, 0) is 23.8 Å². The van der Waals surface area contributed by atoms with Gasteiger partial charge in [-0.25, -0.2) is 8.42 Å². The zero-order valence-corrected chi connectivity index (χ0v) is 8.82. The normalized spacial score (nSPS) is 19.2. The van der Waals surface area contributed by atoms with Crippen molar-refractivity contribution in [3.05, 3.63) is 29.3 Å². The lowest BCUT2D eigenvalue weighted by atomic mass is 10.1. The Morgan fingerprint density at radius 2 is 1.94 bits per heavy atom. The molecule has 0 spiro atoms. The van der Waals surface area contributed by atoms with Crippen LogP contribution in [0.15, 0.2) is 23.1 Å². The minimum atomic E-state index is -4.45. The number of hydrogen-bond acceptors (Lipinski definition) is 3. The van der Waals surface area contributed by atoms with Crippen molar-refractivity contribution in [2.45, 2.75) is 17.6 Å². The topological polar surface area (TPSA) is 46.2 Å². The third kappa shape index (κ3) is 1.92. The molecule has 1 aromatic rings. The van der Waals surface area contributed by atoms with Gasteiger partial charge in [-0.15, -0.1) is 0 Å². The van der Waals surface area contributed by atoms with Crippen LogP contribution in [0.4, 0.5) is 13.2 Å². The Hall–Kier alpha value is -1.08. The summed E-state index contributed by atoms with van der Waals surface area (Å²) in [6.45, 7) is 0.137. The Morgan fingerprint density at radius 3 is 2.56 bits per heavy atom. The van der Waals surface area contributed by atoms with Crippen LogP contribution in [0.25, 0.3) is 0 Å². The third-order valence-electron chi connectivity index (χ3n) is 2.33. The zero-order valence-electron chi connectivity index (χ0n) is 8.00. The van der Waals surface area contributed by atoms with E-state index in [1.54, 1.807) is 0 Å². The molecule has 88 valence electrons. The van der Waals surface area contributed by atoms with Gasteiger partial charge in [-0.3, -0.25) is 5.32 Å². The summed E-state index contributed by atoms with van der Waals surface area (Å²) < 4.78 is 60.1. The summed E-state index contributed by atoms with van der Waals surface area (Å²) in [6, 6.07) is 2.69. The molecule has 16 heavy (non-hydrogen) atoms. The Morgan fingerprint density at radius 1 is 1.25 bits per heavy atom. The lowest BCUT2D eigenvalue weighted by molar-refractivity contribution is -0.137. The Labute approximate surface area is 90.2 Å². The van der Waals surface area contributed by atoms with Crippen molar-refractivity contribution in [3.8, 4) is 0 Å². The number of hydrogen-bond donors (Lipinski definition) is 1. The number of halogens is 3. The highest BCUT2D eigenvalue weighted by atomic mass is 32.2. The fraction of sp³-hybridized carbons (Fsp3) is 0.333. The van der Waals surface area contributed by atoms with Crippen LogP contribution < -0.4 is 5.32 Å². The van der Waals surface area contributed by atoms with E-state index < -0.39 is 21.6 Å². The molecule has 0 bridgehead atoms. The summed E-state index contributed by atoms with van der Waals surface area (Å²) in [6.07, 6.45) is -4.45. The van der Waals surface area contributed by atoms with Crippen LogP contribution in [0, 0.1) is 0 Å². The fourth-order valence-corrected chi connectivity index (χ4v) is 2.93. The zero-order chi connectivity index (χ0) is 12.0. The number of fused-ring (bicyclic) bond motifs is 1. The average Bonchev–Trinajstić information content (AvgIpc) is 2.15. The lowest BCUT2D eigenvalue weighted by Gasteiger charge is -2.18. The van der Waals surface area contributed by atoms with Crippen molar-refractivity contribution >= 4 is 9.84 Å². The molecule has 0 atom stereocenters. The van der Waals surface area contributed by atoms with E-state index in [2.05, 4.69) is 5.32 Å². The first kappa shape index (κ1) is 11.4. The van der Waals surface area contributed by atoms with Crippen LogP contribution in [0.1, 0.15) is 11.1 Å². The van der Waals surface area contributed by atoms with Gasteiger partial charge in [-0.1, -0.05) is 0 Å². The van der Waals surface area contributed by atoms with Crippen molar-refractivity contribution in [2.75, 3.05) is 5.88 Å². The van der Waals surface area contributed by atoms with Gasteiger partial charge in [0.1, 0.15) is 5.88 Å². The first-order valence-corrected chi connectivity index (χ1v) is 6.09. The lowest BCUT2D eigenvalue weighted by Crippen LogP contribution is -2.30. The molecule has 1 heterocycles. The third-order valence-corrected chi connectivity index (χ3v) is 3.98. The number of sulfone groups is 1. The van der Waals surface area contributed by atoms with Gasteiger partial charge in [0.15, 0.2) is 9.84 Å². The molecule has 7 heteroatoms. The number of nitrogens with one attached hydrogen (secondary N) is 1. The maximum absolute atomic E-state index is 12.4. The van der Waals surface area contributed by atoms with Gasteiger partial charge >= 0.3 is 6.18 Å². The van der Waals surface area contributed by atoms with Gasteiger partial charge in [0.05, 0.1) is 10.5 Å². The standard InChI is InChI=1S/C9H8F3NO2S/c10-9(11,12)7-1-2-8-6(3-7)4-13-5-16(8,14)15/h1-3,13H,4-5H2. The highest BCUT2D eigenvalue weighted by molar-refractivity contribution is 7.91. The van der Waals surface area contributed by atoms with Crippen LogP contribution in [-0.2, 0) is 22.6 Å². The van der Waals surface area contributed by atoms with Gasteiger partial charge in [0.25, 0.3) is 0 Å². The summed E-state index contributed by atoms with van der Waals surface area (Å²) in [5.74, 6) is -0.231. The van der Waals surface area contributed by atoms with E-state index in [1.807, 2.05) is 0 Å². The van der Waals surface area contributed by atoms with E-state index in [0.717, 1.165) is 18.2 Å². The molecule has 1 N–H and O–H groups in total. The van der Waals surface area contributed by atoms with Gasteiger partial charge in [0, 0.05) is 6.54 Å². The maximum atomic E-state index is 12.4. The second-order valence-corrected chi connectivity index (χ2v) is 5.46. The van der Waals surface area contributed by atoms with E-state index >= 15 is 0 Å². The first-order valence-electron chi connectivity index (χ1n) is 4.44. The molecule has 1 aromatic carbocycles. The summed E-state index contributed by atoms with van der Waals surface area (Å²) >= 11 is 0. The van der Waals surface area contributed by atoms with Crippen LogP contribution in [0.3, 0.4) is 0 Å². The smallest absolute Gasteiger partial charge is 0.299 e. The van der Waals surface area contributed by atoms with E-state index in [4.69, 9.17) is 0 Å². The molecule has 0 unspecified atom stereocenters. The molecule has 0 aliphatic carbocycles. The van der Waals surface area contributed by atoms with E-state index in [9.17, 15) is 21.6 Å². The molecule has 0 fully saturated rings. The number of rotatable bonds is 0. The molecule has 0 saturated heterocycles. The molecule has 3 nitrogen and oxygen atoms in total. The highest BCUT2D eigenvalue weighted by Crippen LogP contribution is 2.32. The van der Waals surface area contributed by atoms with Gasteiger partial charge in [-0.2, -0.15) is 13.2 Å². The maximum Gasteiger partial charge on any atom is 0.416 e. The molecular weight excluding hydrogens is 243 g/mol. The van der Waals surface area contributed by atoms with Crippen molar-refractivity contribution in [1.82, 2.24) is 5.32 Å². The minimum Gasteiger partial charge on any atom is -0.299 e. The van der Waals surface area contributed by atoms with Crippen LogP contribution in [0.5, 0.6) is 0 Å². The summed E-state index contributed by atoms with van der Waals surface area (Å²) in [5.41, 5.74) is -0.661. The molecule has 0 amide bonds. The molecule has 1 aliphatic heterocycles. The molecular formula is C9H8F3NO2S. The first-order chi connectivity index (χ1) is 7.31. The molecule has 0 saturated carbocycles. The quantitative estimate of drug-likeness (QED) is 0.760. The predicted octanol–water partition coefficient (Wildman–Crippen LogP) is 1.54. The highest BCUT2D eigenvalue weighted by Gasteiger charge is 2.33. The van der Waals surface area contributed by atoms with Gasteiger partial charge < -0.3 is 0 Å². The van der Waals surface area contributed by atoms with Crippen molar-refractivity contribution in [2.24, 2.45) is 0 Å². The molecule has 2 rings (SSSR count). The molecule has 0 radical (unpaired) electrons. The predicted molar refractivity (Wildman–Crippen MR) is 50.3 cm³/mol. The van der Waals surface area contributed by atoms with Crippen molar-refractivity contribution in [1.29, 1.82) is 0 Å². The second kappa shape index (κ2) is 3.46. The Bertz CT molecular complexity index is 522. The summed E-state index contributed by atoms with van der Waals surface area (Å²) in [4.78, 5) is -0.0146. The summed E-state index contributed by atoms with van der Waals surface area (Å²) in [7, 11) is -3.48. The Kier molecular flexibility index (Phi) is 2.47. The van der Waals surface area contributed by atoms with Crippen LogP contribution >= 0.6 is 0 Å². The van der Waals surface area contributed by atoms with E-state index in [1.165, 1.54) is 0 Å². The average molecular weight is 251 g/mol. The number of alkyl halides is 3. The SMILES string of the molecule is O=S1(=O)CNCc2cc(C(F)(F)F)ccc21. The number of benzene rings is 1. The molecule has 1 aliphatic rings. The fourth-order valence-electron chi connectivity index (χ4n) is 1.60. The van der Waals surface area contributed by atoms with Crippen molar-refractivity contribution in [3.63, 3.8) is 0 Å². The Balaban J connectivity index is 2.57. The molecule has 0 aromatic heterocycles. The van der Waals surface area contributed by atoms with Crippen LogP contribution in [0.2, 0.25) is 0 Å². The monoisotopic (exact) mass is 251 g/mol. The van der Waals surface area contributed by atoms with E-state index in [-0.39, 0.29) is 22.9 Å². The largest absolute Gasteiger partial charge is 0.416 e. The van der Waals surface area contributed by atoms with Crippen LogP contribution in [-0.4, -0.2) is 14.3 Å².